The zero-order chi connectivity index (χ0) is 13.0. The maximum Gasteiger partial charge on any atom is 0.231 e. The molecule has 0 aliphatic carbocycles. The molecule has 4 nitrogen and oxygen atoms in total. The van der Waals surface area contributed by atoms with E-state index in [1.807, 2.05) is 6.92 Å². The molecule has 0 radical (unpaired) electrons. The lowest BCUT2D eigenvalue weighted by Gasteiger charge is -2.11. The summed E-state index contributed by atoms with van der Waals surface area (Å²) in [6.07, 6.45) is -0.148. The first-order valence-corrected chi connectivity index (χ1v) is 5.45. The summed E-state index contributed by atoms with van der Waals surface area (Å²) in [5.41, 5.74) is 1.34. The van der Waals surface area contributed by atoms with E-state index in [-0.39, 0.29) is 18.1 Å². The van der Waals surface area contributed by atoms with Crippen molar-refractivity contribution in [1.29, 1.82) is 0 Å². The molecule has 0 aliphatic rings. The molecule has 0 aromatic heterocycles. The fourth-order valence-electron chi connectivity index (χ4n) is 1.35. The Morgan fingerprint density at radius 1 is 1.41 bits per heavy atom. The fraction of sp³-hybridized carbons (Fsp3) is 0.333. The zero-order valence-electron chi connectivity index (χ0n) is 9.96. The number of aryl methyl sites for hydroxylation is 1. The minimum Gasteiger partial charge on any atom is -0.495 e. The third-order valence-corrected chi connectivity index (χ3v) is 2.57. The molecule has 1 amide bonds. The number of hydrogen-bond donors (Lipinski definition) is 1. The van der Waals surface area contributed by atoms with Crippen LogP contribution in [0.2, 0.25) is 5.02 Å². The minimum absolute atomic E-state index is 0.148. The van der Waals surface area contributed by atoms with E-state index in [1.165, 1.54) is 14.0 Å². The summed E-state index contributed by atoms with van der Waals surface area (Å²) in [6.45, 7) is 3.19. The van der Waals surface area contributed by atoms with Crippen molar-refractivity contribution in [3.05, 3.63) is 22.7 Å². The molecule has 1 N–H and O–H groups in total. The number of nitrogens with one attached hydrogen (secondary N) is 1. The lowest BCUT2D eigenvalue weighted by atomic mass is 10.2. The van der Waals surface area contributed by atoms with Crippen molar-refractivity contribution in [1.82, 2.24) is 0 Å². The second-order valence-corrected chi connectivity index (χ2v) is 4.14. The Morgan fingerprint density at radius 3 is 2.59 bits per heavy atom. The lowest BCUT2D eigenvalue weighted by molar-refractivity contribution is -0.124. The Hall–Kier alpha value is -1.55. The zero-order valence-corrected chi connectivity index (χ0v) is 10.7. The first kappa shape index (κ1) is 13.5. The average Bonchev–Trinajstić information content (AvgIpc) is 2.21. The van der Waals surface area contributed by atoms with Gasteiger partial charge in [-0.1, -0.05) is 11.6 Å². The number of ketones is 1. The maximum atomic E-state index is 11.5. The number of anilines is 1. The van der Waals surface area contributed by atoms with E-state index in [1.54, 1.807) is 12.1 Å². The van der Waals surface area contributed by atoms with Crippen LogP contribution in [0, 0.1) is 6.92 Å². The monoisotopic (exact) mass is 255 g/mol. The van der Waals surface area contributed by atoms with E-state index in [0.29, 0.717) is 16.5 Å². The van der Waals surface area contributed by atoms with Gasteiger partial charge in [-0.15, -0.1) is 0 Å². The summed E-state index contributed by atoms with van der Waals surface area (Å²) < 4.78 is 5.10. The van der Waals surface area contributed by atoms with Gasteiger partial charge in [-0.05, 0) is 25.5 Å². The van der Waals surface area contributed by atoms with Crippen LogP contribution in [0.25, 0.3) is 0 Å². The summed E-state index contributed by atoms with van der Waals surface area (Å²) in [5, 5.41) is 3.18. The van der Waals surface area contributed by atoms with Gasteiger partial charge in [0.15, 0.2) is 0 Å². The van der Waals surface area contributed by atoms with Crippen molar-refractivity contribution in [3.63, 3.8) is 0 Å². The van der Waals surface area contributed by atoms with Crippen LogP contribution in [0.15, 0.2) is 12.1 Å². The molecule has 0 atom stereocenters. The van der Waals surface area contributed by atoms with Gasteiger partial charge in [-0.3, -0.25) is 9.59 Å². The Kier molecular flexibility index (Phi) is 4.52. The largest absolute Gasteiger partial charge is 0.495 e. The number of Topliss-reactive ketones (excluding diaryl/α,β-unsaturated/α-hetero) is 1. The SMILES string of the molecule is COc1cc(Cl)c(C)cc1NC(=O)CC(C)=O. The van der Waals surface area contributed by atoms with Gasteiger partial charge in [-0.2, -0.15) is 0 Å². The van der Waals surface area contributed by atoms with Gasteiger partial charge in [0, 0.05) is 11.1 Å². The summed E-state index contributed by atoms with van der Waals surface area (Å²) in [4.78, 5) is 22.3. The van der Waals surface area contributed by atoms with E-state index >= 15 is 0 Å². The van der Waals surface area contributed by atoms with E-state index in [4.69, 9.17) is 16.3 Å². The predicted octanol–water partition coefficient (Wildman–Crippen LogP) is 2.57. The molecule has 1 rings (SSSR count). The molecule has 0 saturated heterocycles. The second-order valence-electron chi connectivity index (χ2n) is 3.73. The standard InChI is InChI=1S/C12H14ClNO3/c1-7-4-10(11(17-3)6-9(7)13)14-12(16)5-8(2)15/h4,6H,5H2,1-3H3,(H,14,16). The van der Waals surface area contributed by atoms with Gasteiger partial charge in [0.1, 0.15) is 11.5 Å². The van der Waals surface area contributed by atoms with E-state index < -0.39 is 0 Å². The summed E-state index contributed by atoms with van der Waals surface area (Å²) in [5.74, 6) is -0.0813. The highest BCUT2D eigenvalue weighted by molar-refractivity contribution is 6.31. The van der Waals surface area contributed by atoms with Crippen molar-refractivity contribution < 1.29 is 14.3 Å². The topological polar surface area (TPSA) is 55.4 Å². The number of amides is 1. The molecule has 1 aromatic carbocycles. The molecule has 0 unspecified atom stereocenters. The molecule has 0 fully saturated rings. The third-order valence-electron chi connectivity index (χ3n) is 2.16. The number of benzene rings is 1. The highest BCUT2D eigenvalue weighted by Gasteiger charge is 2.11. The number of carbonyl (C=O) groups excluding carboxylic acids is 2. The van der Waals surface area contributed by atoms with Gasteiger partial charge < -0.3 is 10.1 Å². The maximum absolute atomic E-state index is 11.5. The first-order valence-electron chi connectivity index (χ1n) is 5.07. The molecular formula is C12H14ClNO3. The molecule has 0 saturated carbocycles. The molecule has 1 aromatic rings. The molecule has 0 heterocycles. The second kappa shape index (κ2) is 5.68. The Bertz CT molecular complexity index is 457. The third kappa shape index (κ3) is 3.75. The molecule has 0 bridgehead atoms. The van der Waals surface area contributed by atoms with Crippen LogP contribution in [0.5, 0.6) is 5.75 Å². The smallest absolute Gasteiger partial charge is 0.231 e. The Morgan fingerprint density at radius 2 is 2.06 bits per heavy atom. The minimum atomic E-state index is -0.363. The predicted molar refractivity (Wildman–Crippen MR) is 66.7 cm³/mol. The Labute approximate surface area is 105 Å². The molecular weight excluding hydrogens is 242 g/mol. The molecule has 92 valence electrons. The van der Waals surface area contributed by atoms with Crippen molar-refractivity contribution in [3.8, 4) is 5.75 Å². The van der Waals surface area contributed by atoms with Crippen LogP contribution in [0.4, 0.5) is 5.69 Å². The number of hydrogen-bond acceptors (Lipinski definition) is 3. The van der Waals surface area contributed by atoms with Crippen LogP contribution < -0.4 is 10.1 Å². The van der Waals surface area contributed by atoms with Crippen LogP contribution in [-0.4, -0.2) is 18.8 Å². The van der Waals surface area contributed by atoms with Gasteiger partial charge in [0.25, 0.3) is 0 Å². The van der Waals surface area contributed by atoms with Crippen molar-refractivity contribution in [2.45, 2.75) is 20.3 Å². The van der Waals surface area contributed by atoms with E-state index in [9.17, 15) is 9.59 Å². The normalized spacial score (nSPS) is 9.88. The van der Waals surface area contributed by atoms with Gasteiger partial charge >= 0.3 is 0 Å². The summed E-state index contributed by atoms with van der Waals surface area (Å²) in [6, 6.07) is 3.33. The Balaban J connectivity index is 2.93. The van der Waals surface area contributed by atoms with E-state index in [0.717, 1.165) is 5.56 Å². The van der Waals surface area contributed by atoms with E-state index in [2.05, 4.69) is 5.32 Å². The quantitative estimate of drug-likeness (QED) is 0.842. The summed E-state index contributed by atoms with van der Waals surface area (Å²) in [7, 11) is 1.49. The highest BCUT2D eigenvalue weighted by atomic mass is 35.5. The van der Waals surface area contributed by atoms with Crippen LogP contribution >= 0.6 is 11.6 Å². The molecule has 17 heavy (non-hydrogen) atoms. The first-order chi connectivity index (χ1) is 7.93. The van der Waals surface area contributed by atoms with Crippen molar-refractivity contribution in [2.75, 3.05) is 12.4 Å². The number of rotatable bonds is 4. The van der Waals surface area contributed by atoms with Gasteiger partial charge in [0.2, 0.25) is 5.91 Å². The highest BCUT2D eigenvalue weighted by Crippen LogP contribution is 2.30. The van der Waals surface area contributed by atoms with Crippen LogP contribution in [0.1, 0.15) is 18.9 Å². The van der Waals surface area contributed by atoms with Crippen LogP contribution in [-0.2, 0) is 9.59 Å². The number of methoxy groups -OCH3 is 1. The van der Waals surface area contributed by atoms with Crippen molar-refractivity contribution in [2.24, 2.45) is 0 Å². The summed E-state index contributed by atoms with van der Waals surface area (Å²) >= 11 is 5.94. The molecule has 5 heteroatoms. The number of ether oxygens (including phenoxy) is 1. The fourth-order valence-corrected chi connectivity index (χ4v) is 1.50. The number of carbonyl (C=O) groups is 2. The lowest BCUT2D eigenvalue weighted by Crippen LogP contribution is -2.15. The van der Waals surface area contributed by atoms with Crippen LogP contribution in [0.3, 0.4) is 0 Å². The molecule has 0 aliphatic heterocycles. The molecule has 0 spiro atoms. The van der Waals surface area contributed by atoms with Gasteiger partial charge in [0.05, 0.1) is 19.2 Å². The van der Waals surface area contributed by atoms with Crippen molar-refractivity contribution >= 4 is 29.0 Å². The number of halogens is 1. The van der Waals surface area contributed by atoms with Gasteiger partial charge in [-0.25, -0.2) is 0 Å². The average molecular weight is 256 g/mol.